The predicted molar refractivity (Wildman–Crippen MR) is 86.2 cm³/mol. The van der Waals surface area contributed by atoms with Gasteiger partial charge >= 0.3 is 0 Å². The van der Waals surface area contributed by atoms with Crippen molar-refractivity contribution in [3.8, 4) is 0 Å². The molecule has 4 fully saturated rings. The van der Waals surface area contributed by atoms with E-state index in [9.17, 15) is 0 Å². The van der Waals surface area contributed by atoms with Crippen LogP contribution in [0.15, 0.2) is 12.1 Å². The third-order valence-corrected chi connectivity index (χ3v) is 7.45. The van der Waals surface area contributed by atoms with E-state index in [2.05, 4.69) is 18.3 Å². The normalized spacial score (nSPS) is 40.2. The van der Waals surface area contributed by atoms with Crippen molar-refractivity contribution in [1.82, 2.24) is 5.32 Å². The Bertz CT molecular complexity index is 460. The Morgan fingerprint density at radius 2 is 1.80 bits per heavy atom. The SMILES string of the molecule is CC(NCc1ccc(Cl)s1)C12CC3CC(CC(C3)C1)C2. The smallest absolute Gasteiger partial charge is 0.0931 e. The molecule has 5 rings (SSSR count). The number of thiophene rings is 1. The van der Waals surface area contributed by atoms with E-state index in [1.165, 1.54) is 43.4 Å². The lowest BCUT2D eigenvalue weighted by atomic mass is 9.48. The molecule has 1 aromatic heterocycles. The molecule has 4 bridgehead atoms. The van der Waals surface area contributed by atoms with Crippen molar-refractivity contribution in [3.63, 3.8) is 0 Å². The molecule has 4 saturated carbocycles. The van der Waals surface area contributed by atoms with Gasteiger partial charge in [0.25, 0.3) is 0 Å². The van der Waals surface area contributed by atoms with Crippen LogP contribution in [0.4, 0.5) is 0 Å². The van der Waals surface area contributed by atoms with Crippen LogP contribution in [0.5, 0.6) is 0 Å². The van der Waals surface area contributed by atoms with Crippen LogP contribution in [0.25, 0.3) is 0 Å². The molecule has 3 heteroatoms. The second kappa shape index (κ2) is 5.00. The Labute approximate surface area is 131 Å². The molecule has 4 aliphatic carbocycles. The standard InChI is InChI=1S/C17H24ClNS/c1-11(19-10-15-2-3-16(18)20-15)17-7-12-4-13(8-17)6-14(5-12)9-17/h2-3,11-14,19H,4-10H2,1H3. The Morgan fingerprint density at radius 1 is 1.20 bits per heavy atom. The number of hydrogen-bond donors (Lipinski definition) is 1. The molecule has 1 unspecified atom stereocenters. The monoisotopic (exact) mass is 309 g/mol. The van der Waals surface area contributed by atoms with Gasteiger partial charge in [0.2, 0.25) is 0 Å². The quantitative estimate of drug-likeness (QED) is 0.816. The van der Waals surface area contributed by atoms with Crippen LogP contribution in [0, 0.1) is 23.2 Å². The van der Waals surface area contributed by atoms with Gasteiger partial charge in [-0.1, -0.05) is 11.6 Å². The third-order valence-electron chi connectivity index (χ3n) is 6.22. The van der Waals surface area contributed by atoms with Crippen molar-refractivity contribution < 1.29 is 0 Å². The zero-order valence-corrected chi connectivity index (χ0v) is 13.8. The molecule has 0 spiro atoms. The molecule has 0 saturated heterocycles. The van der Waals surface area contributed by atoms with Crippen molar-refractivity contribution in [1.29, 1.82) is 0 Å². The summed E-state index contributed by atoms with van der Waals surface area (Å²) in [6.07, 6.45) is 9.06. The molecule has 0 aliphatic heterocycles. The van der Waals surface area contributed by atoms with Gasteiger partial charge in [-0.3, -0.25) is 0 Å². The van der Waals surface area contributed by atoms with E-state index in [1.807, 2.05) is 6.07 Å². The molecule has 110 valence electrons. The average molecular weight is 310 g/mol. The summed E-state index contributed by atoms with van der Waals surface area (Å²) in [7, 11) is 0. The summed E-state index contributed by atoms with van der Waals surface area (Å²) >= 11 is 7.73. The van der Waals surface area contributed by atoms with Crippen LogP contribution in [-0.2, 0) is 6.54 Å². The molecule has 1 heterocycles. The molecule has 0 radical (unpaired) electrons. The highest BCUT2D eigenvalue weighted by Gasteiger charge is 2.52. The van der Waals surface area contributed by atoms with Crippen molar-refractivity contribution >= 4 is 22.9 Å². The highest BCUT2D eigenvalue weighted by atomic mass is 35.5. The molecule has 1 N–H and O–H groups in total. The Balaban J connectivity index is 1.44. The highest BCUT2D eigenvalue weighted by Crippen LogP contribution is 2.61. The van der Waals surface area contributed by atoms with E-state index < -0.39 is 0 Å². The van der Waals surface area contributed by atoms with Gasteiger partial charge in [-0.15, -0.1) is 11.3 Å². The maximum absolute atomic E-state index is 6.02. The maximum atomic E-state index is 6.02. The summed E-state index contributed by atoms with van der Waals surface area (Å²) in [6.45, 7) is 3.42. The van der Waals surface area contributed by atoms with Gasteiger partial charge in [0.1, 0.15) is 0 Å². The van der Waals surface area contributed by atoms with Gasteiger partial charge in [0.15, 0.2) is 0 Å². The van der Waals surface area contributed by atoms with E-state index >= 15 is 0 Å². The number of hydrogen-bond acceptors (Lipinski definition) is 2. The number of rotatable bonds is 4. The summed E-state index contributed by atoms with van der Waals surface area (Å²) < 4.78 is 0.907. The average Bonchev–Trinajstić information content (AvgIpc) is 2.80. The van der Waals surface area contributed by atoms with Crippen LogP contribution in [0.2, 0.25) is 4.34 Å². The maximum Gasteiger partial charge on any atom is 0.0931 e. The molecule has 1 nitrogen and oxygen atoms in total. The second-order valence-corrected chi connectivity index (χ2v) is 9.39. The lowest BCUT2D eigenvalue weighted by Gasteiger charge is -2.59. The minimum atomic E-state index is 0.607. The minimum Gasteiger partial charge on any atom is -0.309 e. The molecular formula is C17H24ClNS. The fraction of sp³-hybridized carbons (Fsp3) is 0.765. The molecular weight excluding hydrogens is 286 g/mol. The topological polar surface area (TPSA) is 12.0 Å². The molecule has 1 atom stereocenters. The van der Waals surface area contributed by atoms with Crippen LogP contribution in [-0.4, -0.2) is 6.04 Å². The lowest BCUT2D eigenvalue weighted by Crippen LogP contribution is -2.54. The fourth-order valence-electron chi connectivity index (χ4n) is 5.62. The Hall–Kier alpha value is -0.0500. The van der Waals surface area contributed by atoms with E-state index in [1.54, 1.807) is 11.3 Å². The highest BCUT2D eigenvalue weighted by molar-refractivity contribution is 7.16. The van der Waals surface area contributed by atoms with Crippen LogP contribution in [0.3, 0.4) is 0 Å². The van der Waals surface area contributed by atoms with Crippen molar-refractivity contribution in [2.75, 3.05) is 0 Å². The summed E-state index contributed by atoms with van der Waals surface area (Å²) in [5.41, 5.74) is 0.607. The van der Waals surface area contributed by atoms with E-state index in [0.29, 0.717) is 11.5 Å². The molecule has 1 aromatic rings. The number of nitrogens with one attached hydrogen (secondary N) is 1. The molecule has 4 aliphatic rings. The first kappa shape index (κ1) is 13.6. The fourth-order valence-corrected chi connectivity index (χ4v) is 6.66. The van der Waals surface area contributed by atoms with Crippen LogP contribution >= 0.6 is 22.9 Å². The predicted octanol–water partition coefficient (Wildman–Crippen LogP) is 5.10. The molecule has 20 heavy (non-hydrogen) atoms. The van der Waals surface area contributed by atoms with E-state index in [0.717, 1.165) is 28.6 Å². The zero-order valence-electron chi connectivity index (χ0n) is 12.2. The third kappa shape index (κ3) is 2.34. The Morgan fingerprint density at radius 3 is 2.30 bits per heavy atom. The van der Waals surface area contributed by atoms with E-state index in [-0.39, 0.29) is 0 Å². The lowest BCUT2D eigenvalue weighted by molar-refractivity contribution is -0.0706. The van der Waals surface area contributed by atoms with Gasteiger partial charge < -0.3 is 5.32 Å². The number of halogens is 1. The first-order valence-corrected chi connectivity index (χ1v) is 9.30. The first-order valence-electron chi connectivity index (χ1n) is 8.10. The summed E-state index contributed by atoms with van der Waals surface area (Å²) in [5, 5.41) is 3.82. The van der Waals surface area contributed by atoms with Crippen LogP contribution in [0.1, 0.15) is 50.3 Å². The summed E-state index contributed by atoms with van der Waals surface area (Å²) in [5.74, 6) is 3.13. The zero-order chi connectivity index (χ0) is 13.7. The summed E-state index contributed by atoms with van der Waals surface area (Å²) in [6, 6.07) is 4.82. The first-order chi connectivity index (χ1) is 9.63. The molecule has 0 aromatic carbocycles. The van der Waals surface area contributed by atoms with Gasteiger partial charge in [-0.25, -0.2) is 0 Å². The van der Waals surface area contributed by atoms with Gasteiger partial charge in [0.05, 0.1) is 4.34 Å². The Kier molecular flexibility index (Phi) is 3.40. The van der Waals surface area contributed by atoms with Crippen molar-refractivity contribution in [2.45, 2.75) is 58.0 Å². The van der Waals surface area contributed by atoms with E-state index in [4.69, 9.17) is 11.6 Å². The largest absolute Gasteiger partial charge is 0.309 e. The van der Waals surface area contributed by atoms with Gasteiger partial charge in [0, 0.05) is 17.5 Å². The second-order valence-electron chi connectivity index (χ2n) is 7.59. The van der Waals surface area contributed by atoms with Crippen LogP contribution < -0.4 is 5.32 Å². The van der Waals surface area contributed by atoms with Gasteiger partial charge in [-0.05, 0) is 80.8 Å². The molecule has 0 amide bonds. The summed E-state index contributed by atoms with van der Waals surface area (Å²) in [4.78, 5) is 1.37. The van der Waals surface area contributed by atoms with Crippen molar-refractivity contribution in [3.05, 3.63) is 21.3 Å². The van der Waals surface area contributed by atoms with Crippen molar-refractivity contribution in [2.24, 2.45) is 23.2 Å². The minimum absolute atomic E-state index is 0.607. The van der Waals surface area contributed by atoms with Gasteiger partial charge in [-0.2, -0.15) is 0 Å².